The molecule has 0 aliphatic heterocycles. The van der Waals surface area contributed by atoms with Crippen LogP contribution < -0.4 is 5.73 Å². The average Bonchev–Trinajstić information content (AvgIpc) is 2.96. The normalized spacial score (nSPS) is 13.0. The lowest BCUT2D eigenvalue weighted by atomic mass is 10.0. The van der Waals surface area contributed by atoms with Crippen molar-refractivity contribution in [2.24, 2.45) is 5.73 Å². The summed E-state index contributed by atoms with van der Waals surface area (Å²) in [5, 5.41) is 6.42. The van der Waals surface area contributed by atoms with Crippen LogP contribution in [0.3, 0.4) is 0 Å². The molecule has 0 spiro atoms. The molecule has 0 radical (unpaired) electrons. The van der Waals surface area contributed by atoms with E-state index in [4.69, 9.17) is 17.3 Å². The summed E-state index contributed by atoms with van der Waals surface area (Å²) < 4.78 is 1.32. The Morgan fingerprint density at radius 3 is 2.74 bits per heavy atom. The smallest absolute Gasteiger partial charge is 0.0590 e. The van der Waals surface area contributed by atoms with Crippen molar-refractivity contribution in [2.45, 2.75) is 19.4 Å². The van der Waals surface area contributed by atoms with E-state index in [2.05, 4.69) is 35.0 Å². The maximum atomic E-state index is 6.32. The number of nitrogens with two attached hydrogens (primary N) is 1. The fourth-order valence-electron chi connectivity index (χ4n) is 2.22. The molecule has 1 aromatic carbocycles. The number of hydrogen-bond donors (Lipinski definition) is 1. The molecule has 2 N–H and O–H groups in total. The first-order chi connectivity index (χ1) is 9.16. The molecular weight excluding hydrogens is 294 g/mol. The van der Waals surface area contributed by atoms with Crippen LogP contribution in [0.5, 0.6) is 0 Å². The second kappa shape index (κ2) is 5.25. The lowest BCUT2D eigenvalue weighted by molar-refractivity contribution is 0.741. The van der Waals surface area contributed by atoms with E-state index in [1.54, 1.807) is 22.7 Å². The Kier molecular flexibility index (Phi) is 3.63. The van der Waals surface area contributed by atoms with E-state index < -0.39 is 0 Å². The molecule has 0 bridgehead atoms. The van der Waals surface area contributed by atoms with Crippen molar-refractivity contribution in [2.75, 3.05) is 0 Å². The molecule has 0 aliphatic rings. The minimum Gasteiger partial charge on any atom is -0.323 e. The van der Waals surface area contributed by atoms with Crippen molar-refractivity contribution in [3.05, 3.63) is 56.1 Å². The molecule has 0 fully saturated rings. The zero-order chi connectivity index (χ0) is 13.4. The number of fused-ring (bicyclic) bond motifs is 1. The summed E-state index contributed by atoms with van der Waals surface area (Å²) in [6.07, 6.45) is 0.837. The molecule has 98 valence electrons. The van der Waals surface area contributed by atoms with Gasteiger partial charge in [0.15, 0.2) is 0 Å². The molecule has 19 heavy (non-hydrogen) atoms. The second-order valence-corrected chi connectivity index (χ2v) is 6.87. The van der Waals surface area contributed by atoms with E-state index in [1.165, 1.54) is 15.6 Å². The summed E-state index contributed by atoms with van der Waals surface area (Å²) in [5.41, 5.74) is 8.75. The summed E-state index contributed by atoms with van der Waals surface area (Å²) in [5.74, 6) is 0. The Morgan fingerprint density at radius 2 is 2.00 bits per heavy atom. The van der Waals surface area contributed by atoms with Crippen molar-refractivity contribution < 1.29 is 0 Å². The number of halogens is 1. The summed E-state index contributed by atoms with van der Waals surface area (Å²) >= 11 is 9.73. The standard InChI is InChI=1S/C15H14ClNS2/c1-9-7-19-15(14(9)16)12(17)6-10-8-18-13-5-3-2-4-11(10)13/h2-5,7-8,12H,6,17H2,1H3. The van der Waals surface area contributed by atoms with Crippen molar-refractivity contribution >= 4 is 44.4 Å². The van der Waals surface area contributed by atoms with Crippen molar-refractivity contribution in [1.29, 1.82) is 0 Å². The second-order valence-electron chi connectivity index (χ2n) is 4.66. The van der Waals surface area contributed by atoms with Gasteiger partial charge in [-0.2, -0.15) is 0 Å². The Bertz CT molecular complexity index is 714. The number of rotatable bonds is 3. The van der Waals surface area contributed by atoms with E-state index in [1.807, 2.05) is 6.92 Å². The molecule has 4 heteroatoms. The molecule has 0 aliphatic carbocycles. The third kappa shape index (κ3) is 2.43. The minimum atomic E-state index is -0.0239. The third-order valence-corrected chi connectivity index (χ3v) is 6.12. The van der Waals surface area contributed by atoms with E-state index in [9.17, 15) is 0 Å². The Morgan fingerprint density at radius 1 is 1.21 bits per heavy atom. The zero-order valence-electron chi connectivity index (χ0n) is 10.5. The van der Waals surface area contributed by atoms with Crippen LogP contribution in [0.4, 0.5) is 0 Å². The van der Waals surface area contributed by atoms with Gasteiger partial charge in [-0.3, -0.25) is 0 Å². The van der Waals surface area contributed by atoms with Crippen molar-refractivity contribution in [3.8, 4) is 0 Å². The maximum Gasteiger partial charge on any atom is 0.0590 e. The van der Waals surface area contributed by atoms with Gasteiger partial charge >= 0.3 is 0 Å². The largest absolute Gasteiger partial charge is 0.323 e. The highest BCUT2D eigenvalue weighted by Gasteiger charge is 2.16. The van der Waals surface area contributed by atoms with Crippen LogP contribution in [0, 0.1) is 6.92 Å². The van der Waals surface area contributed by atoms with E-state index >= 15 is 0 Å². The average molecular weight is 308 g/mol. The predicted octanol–water partition coefficient (Wildman–Crippen LogP) is 5.17. The predicted molar refractivity (Wildman–Crippen MR) is 86.5 cm³/mol. The first-order valence-electron chi connectivity index (χ1n) is 6.11. The molecule has 1 unspecified atom stereocenters. The monoisotopic (exact) mass is 307 g/mol. The van der Waals surface area contributed by atoms with Gasteiger partial charge in [0.1, 0.15) is 0 Å². The van der Waals surface area contributed by atoms with E-state index in [0.717, 1.165) is 21.9 Å². The molecule has 2 heterocycles. The molecular formula is C15H14ClNS2. The van der Waals surface area contributed by atoms with Crippen LogP contribution in [0.2, 0.25) is 5.02 Å². The molecule has 0 saturated heterocycles. The third-order valence-electron chi connectivity index (χ3n) is 3.26. The summed E-state index contributed by atoms with van der Waals surface area (Å²) in [7, 11) is 0. The Labute approximate surface area is 125 Å². The van der Waals surface area contributed by atoms with Gasteiger partial charge in [-0.05, 0) is 46.7 Å². The van der Waals surface area contributed by atoms with Gasteiger partial charge in [-0.1, -0.05) is 29.8 Å². The molecule has 1 atom stereocenters. The number of hydrogen-bond acceptors (Lipinski definition) is 3. The highest BCUT2D eigenvalue weighted by atomic mass is 35.5. The fraction of sp³-hybridized carbons (Fsp3) is 0.200. The number of aryl methyl sites for hydroxylation is 1. The number of thiophene rings is 2. The van der Waals surface area contributed by atoms with Gasteiger partial charge in [0.2, 0.25) is 0 Å². The van der Waals surface area contributed by atoms with Crippen LogP contribution in [-0.4, -0.2) is 0 Å². The van der Waals surface area contributed by atoms with Crippen LogP contribution in [0.15, 0.2) is 35.0 Å². The van der Waals surface area contributed by atoms with E-state index in [0.29, 0.717) is 0 Å². The summed E-state index contributed by atoms with van der Waals surface area (Å²) in [6, 6.07) is 8.44. The molecule has 1 nitrogen and oxygen atoms in total. The van der Waals surface area contributed by atoms with Gasteiger partial charge in [0.25, 0.3) is 0 Å². The quantitative estimate of drug-likeness (QED) is 0.710. The van der Waals surface area contributed by atoms with Gasteiger partial charge in [0, 0.05) is 15.6 Å². The molecule has 0 saturated carbocycles. The highest BCUT2D eigenvalue weighted by molar-refractivity contribution is 7.17. The van der Waals surface area contributed by atoms with Crippen LogP contribution in [-0.2, 0) is 6.42 Å². The van der Waals surface area contributed by atoms with Gasteiger partial charge < -0.3 is 5.73 Å². The summed E-state index contributed by atoms with van der Waals surface area (Å²) in [6.45, 7) is 2.02. The SMILES string of the molecule is Cc1csc(C(N)Cc2csc3ccccc23)c1Cl. The fourth-order valence-corrected chi connectivity index (χ4v) is 4.53. The van der Waals surface area contributed by atoms with Gasteiger partial charge in [0.05, 0.1) is 5.02 Å². The highest BCUT2D eigenvalue weighted by Crippen LogP contribution is 2.35. The molecule has 2 aromatic heterocycles. The zero-order valence-corrected chi connectivity index (χ0v) is 12.9. The van der Waals surface area contributed by atoms with Crippen LogP contribution in [0.25, 0.3) is 10.1 Å². The van der Waals surface area contributed by atoms with Crippen LogP contribution in [0.1, 0.15) is 22.0 Å². The first kappa shape index (κ1) is 13.1. The molecule has 0 amide bonds. The molecule has 3 aromatic rings. The Hall–Kier alpha value is -0.870. The maximum absolute atomic E-state index is 6.32. The minimum absolute atomic E-state index is 0.0239. The van der Waals surface area contributed by atoms with Crippen LogP contribution >= 0.6 is 34.3 Å². The summed E-state index contributed by atoms with van der Waals surface area (Å²) in [4.78, 5) is 1.09. The van der Waals surface area contributed by atoms with Crippen molar-refractivity contribution in [1.82, 2.24) is 0 Å². The first-order valence-corrected chi connectivity index (χ1v) is 8.24. The Balaban J connectivity index is 1.91. The van der Waals surface area contributed by atoms with Crippen molar-refractivity contribution in [3.63, 3.8) is 0 Å². The van der Waals surface area contributed by atoms with Gasteiger partial charge in [-0.15, -0.1) is 22.7 Å². The van der Waals surface area contributed by atoms with Gasteiger partial charge in [-0.25, -0.2) is 0 Å². The van der Waals surface area contributed by atoms with E-state index in [-0.39, 0.29) is 6.04 Å². The molecule has 3 rings (SSSR count). The lowest BCUT2D eigenvalue weighted by Crippen LogP contribution is -2.12. The number of benzene rings is 1. The topological polar surface area (TPSA) is 26.0 Å². The lowest BCUT2D eigenvalue weighted by Gasteiger charge is -2.10.